The second-order valence-corrected chi connectivity index (χ2v) is 3.21. The average molecular weight is 582 g/mol. The van der Waals surface area contributed by atoms with Crippen molar-refractivity contribution in [1.29, 1.82) is 0 Å². The Balaban J connectivity index is -0.000000720. The predicted octanol–water partition coefficient (Wildman–Crippen LogP) is 1.59. The van der Waals surface area contributed by atoms with Gasteiger partial charge in [-0.25, -0.2) is 0 Å². The molecular formula is C9H16Au2O4. The first-order valence-corrected chi connectivity index (χ1v) is 4.46. The zero-order valence-electron chi connectivity index (χ0n) is 8.59. The Bertz CT molecular complexity index is 197. The van der Waals surface area contributed by atoms with Crippen molar-refractivity contribution in [2.24, 2.45) is 11.8 Å². The number of hydrogen-bond acceptors (Lipinski definition) is 2. The fourth-order valence-electron chi connectivity index (χ4n) is 1.18. The summed E-state index contributed by atoms with van der Waals surface area (Å²) in [5, 5.41) is 17.4. The monoisotopic (exact) mass is 582 g/mol. The van der Waals surface area contributed by atoms with E-state index in [2.05, 4.69) is 0 Å². The molecule has 0 rings (SSSR count). The zero-order valence-corrected chi connectivity index (χ0v) is 12.9. The Hall–Kier alpha value is 0.421. The molecule has 0 heterocycles. The van der Waals surface area contributed by atoms with Crippen LogP contribution in [0.1, 0.15) is 33.1 Å². The molecule has 0 amide bonds. The van der Waals surface area contributed by atoms with E-state index in [9.17, 15) is 9.59 Å². The van der Waals surface area contributed by atoms with Crippen molar-refractivity contribution in [3.05, 3.63) is 0 Å². The quantitative estimate of drug-likeness (QED) is 0.468. The van der Waals surface area contributed by atoms with Crippen molar-refractivity contribution in [2.75, 3.05) is 0 Å². The molecule has 0 spiro atoms. The summed E-state index contributed by atoms with van der Waals surface area (Å²) in [7, 11) is 0. The molecular weight excluding hydrogens is 566 g/mol. The van der Waals surface area contributed by atoms with Crippen molar-refractivity contribution >= 4 is 11.9 Å². The molecule has 2 N–H and O–H groups in total. The number of carbonyl (C=O) groups is 2. The molecule has 0 aromatic rings. The summed E-state index contributed by atoms with van der Waals surface area (Å²) in [6, 6.07) is 0. The van der Waals surface area contributed by atoms with Gasteiger partial charge in [-0.1, -0.05) is 26.7 Å². The van der Waals surface area contributed by atoms with E-state index in [4.69, 9.17) is 10.2 Å². The van der Waals surface area contributed by atoms with Crippen molar-refractivity contribution in [1.82, 2.24) is 0 Å². The molecule has 2 atom stereocenters. The van der Waals surface area contributed by atoms with Gasteiger partial charge in [0.15, 0.2) is 0 Å². The largest absolute Gasteiger partial charge is 0.481 e. The molecule has 98 valence electrons. The average Bonchev–Trinajstić information content (AvgIpc) is 2.04. The minimum Gasteiger partial charge on any atom is -0.481 e. The second-order valence-electron chi connectivity index (χ2n) is 3.21. The molecule has 0 aromatic heterocycles. The molecule has 0 fully saturated rings. The summed E-state index contributed by atoms with van der Waals surface area (Å²) in [4.78, 5) is 21.2. The minimum absolute atomic E-state index is 0. The van der Waals surface area contributed by atoms with Gasteiger partial charge in [0.25, 0.3) is 0 Å². The molecule has 6 heteroatoms. The number of carboxylic acids is 2. The van der Waals surface area contributed by atoms with E-state index in [1.54, 1.807) is 0 Å². The van der Waals surface area contributed by atoms with Crippen LogP contribution in [-0.4, -0.2) is 22.2 Å². The van der Waals surface area contributed by atoms with E-state index in [0.717, 1.165) is 12.8 Å². The van der Waals surface area contributed by atoms with Crippen molar-refractivity contribution in [3.8, 4) is 0 Å². The van der Waals surface area contributed by atoms with E-state index in [1.165, 1.54) is 6.92 Å². The van der Waals surface area contributed by atoms with Crippen LogP contribution in [0.4, 0.5) is 0 Å². The van der Waals surface area contributed by atoms with Crippen LogP contribution in [0.25, 0.3) is 0 Å². The van der Waals surface area contributed by atoms with Gasteiger partial charge in [-0.3, -0.25) is 9.59 Å². The topological polar surface area (TPSA) is 74.6 Å². The molecule has 0 aliphatic carbocycles. The summed E-state index contributed by atoms with van der Waals surface area (Å²) >= 11 is 0. The Morgan fingerprint density at radius 1 is 1.13 bits per heavy atom. The molecule has 2 radical (unpaired) electrons. The third-order valence-electron chi connectivity index (χ3n) is 2.18. The molecule has 0 aliphatic rings. The zero-order chi connectivity index (χ0) is 10.4. The van der Waals surface area contributed by atoms with Crippen LogP contribution in [-0.2, 0) is 54.3 Å². The van der Waals surface area contributed by atoms with Crippen molar-refractivity contribution in [2.45, 2.75) is 33.1 Å². The van der Waals surface area contributed by atoms with E-state index in [1.807, 2.05) is 6.92 Å². The number of hydrogen-bond donors (Lipinski definition) is 2. The van der Waals surface area contributed by atoms with Crippen LogP contribution in [0, 0.1) is 11.8 Å². The molecule has 0 saturated heterocycles. The van der Waals surface area contributed by atoms with E-state index < -0.39 is 23.8 Å². The van der Waals surface area contributed by atoms with Crippen LogP contribution in [0.15, 0.2) is 0 Å². The van der Waals surface area contributed by atoms with E-state index >= 15 is 0 Å². The molecule has 0 aromatic carbocycles. The maximum atomic E-state index is 10.7. The first-order valence-electron chi connectivity index (χ1n) is 4.46. The van der Waals surface area contributed by atoms with Crippen molar-refractivity contribution < 1.29 is 64.6 Å². The van der Waals surface area contributed by atoms with Gasteiger partial charge in [-0.15, -0.1) is 0 Å². The molecule has 0 bridgehead atoms. The van der Waals surface area contributed by atoms with Crippen LogP contribution >= 0.6 is 0 Å². The minimum atomic E-state index is -1.04. The fourth-order valence-corrected chi connectivity index (χ4v) is 1.18. The summed E-state index contributed by atoms with van der Waals surface area (Å²) in [6.45, 7) is 3.39. The molecule has 2 unspecified atom stereocenters. The fraction of sp³-hybridized carbons (Fsp3) is 0.778. The smallest absolute Gasteiger partial charge is 0.307 e. The Labute approximate surface area is 121 Å². The van der Waals surface area contributed by atoms with Crippen molar-refractivity contribution in [3.63, 3.8) is 0 Å². The molecule has 4 nitrogen and oxygen atoms in total. The first kappa shape index (κ1) is 20.8. The standard InChI is InChI=1S/C9H16O4.2Au/c1-3-4-5-7(9(12)13)6(2)8(10)11;;/h6-7H,3-5H2,1-2H3,(H,10,11)(H,12,13);;. The normalized spacial score (nSPS) is 12.9. The Morgan fingerprint density at radius 2 is 1.60 bits per heavy atom. The Morgan fingerprint density at radius 3 is 1.87 bits per heavy atom. The maximum Gasteiger partial charge on any atom is 0.307 e. The maximum absolute atomic E-state index is 10.7. The van der Waals surface area contributed by atoms with Gasteiger partial charge in [-0.05, 0) is 6.42 Å². The summed E-state index contributed by atoms with van der Waals surface area (Å²) in [5.74, 6) is -3.60. The van der Waals surface area contributed by atoms with Gasteiger partial charge >= 0.3 is 11.9 Å². The first-order chi connectivity index (χ1) is 6.00. The number of carboxylic acid groups (broad SMARTS) is 2. The van der Waals surface area contributed by atoms with Crippen LogP contribution in [0.2, 0.25) is 0 Å². The molecule has 0 aliphatic heterocycles. The number of aliphatic carboxylic acids is 2. The SMILES string of the molecule is CCCCC(C(=O)O)C(C)C(=O)O.[Au].[Au]. The number of unbranched alkanes of at least 4 members (excludes halogenated alkanes) is 1. The van der Waals surface area contributed by atoms with Gasteiger partial charge in [0.2, 0.25) is 0 Å². The third-order valence-corrected chi connectivity index (χ3v) is 2.18. The Kier molecular flexibility index (Phi) is 15.1. The predicted molar refractivity (Wildman–Crippen MR) is 47.5 cm³/mol. The summed E-state index contributed by atoms with van der Waals surface area (Å²) < 4.78 is 0. The van der Waals surface area contributed by atoms with E-state index in [0.29, 0.717) is 6.42 Å². The van der Waals surface area contributed by atoms with Gasteiger partial charge in [-0.2, -0.15) is 0 Å². The van der Waals surface area contributed by atoms with Crippen LogP contribution < -0.4 is 0 Å². The number of rotatable bonds is 6. The summed E-state index contributed by atoms with van der Waals surface area (Å²) in [5.41, 5.74) is 0. The summed E-state index contributed by atoms with van der Waals surface area (Å²) in [6.07, 6.45) is 2.09. The van der Waals surface area contributed by atoms with Gasteiger partial charge in [0.05, 0.1) is 11.8 Å². The third kappa shape index (κ3) is 8.25. The molecule has 15 heavy (non-hydrogen) atoms. The van der Waals surface area contributed by atoms with Gasteiger partial charge in [0.1, 0.15) is 0 Å². The van der Waals surface area contributed by atoms with Gasteiger partial charge in [0, 0.05) is 44.8 Å². The molecule has 0 saturated carbocycles. The second kappa shape index (κ2) is 10.9. The van der Waals surface area contributed by atoms with Gasteiger partial charge < -0.3 is 10.2 Å². The van der Waals surface area contributed by atoms with Crippen LogP contribution in [0.5, 0.6) is 0 Å². The van der Waals surface area contributed by atoms with E-state index in [-0.39, 0.29) is 44.8 Å². The van der Waals surface area contributed by atoms with Crippen LogP contribution in [0.3, 0.4) is 0 Å².